The lowest BCUT2D eigenvalue weighted by Gasteiger charge is -2.16. The van der Waals surface area contributed by atoms with Crippen LogP contribution in [0.4, 0.5) is 0 Å². The fraction of sp³-hybridized carbons (Fsp3) is 0.556. The molecule has 0 aromatic carbocycles. The van der Waals surface area contributed by atoms with Crippen molar-refractivity contribution in [1.82, 2.24) is 10.3 Å². The molecule has 5 heteroatoms. The smallest absolute Gasteiger partial charge is 0.304 e. The van der Waals surface area contributed by atoms with Gasteiger partial charge in [0, 0.05) is 16.5 Å². The van der Waals surface area contributed by atoms with Crippen LogP contribution < -0.4 is 10.2 Å². The summed E-state index contributed by atoms with van der Waals surface area (Å²) >= 11 is 1.10. The monoisotopic (exact) mass is 214 g/mol. The van der Waals surface area contributed by atoms with E-state index in [-0.39, 0.29) is 10.8 Å². The third-order valence-electron chi connectivity index (χ3n) is 1.69. The molecule has 1 amide bonds. The quantitative estimate of drug-likeness (QED) is 0.774. The molecule has 0 unspecified atom stereocenters. The Labute approximate surface area is 86.4 Å². The van der Waals surface area contributed by atoms with Crippen molar-refractivity contribution < 1.29 is 4.79 Å². The van der Waals surface area contributed by atoms with Gasteiger partial charge in [-0.3, -0.25) is 9.59 Å². The molecule has 0 aliphatic carbocycles. The molecule has 0 aliphatic rings. The topological polar surface area (TPSA) is 62.0 Å². The van der Waals surface area contributed by atoms with E-state index in [0.29, 0.717) is 6.54 Å². The number of carbonyl (C=O) groups excluding carboxylic acids is 1. The van der Waals surface area contributed by atoms with Crippen LogP contribution in [-0.2, 0) is 11.3 Å². The molecule has 0 spiro atoms. The van der Waals surface area contributed by atoms with Gasteiger partial charge in [-0.05, 0) is 0 Å². The van der Waals surface area contributed by atoms with Gasteiger partial charge in [-0.1, -0.05) is 32.1 Å². The maximum Gasteiger partial charge on any atom is 0.304 e. The molecule has 78 valence electrons. The van der Waals surface area contributed by atoms with Crippen molar-refractivity contribution >= 4 is 17.2 Å². The van der Waals surface area contributed by atoms with Crippen molar-refractivity contribution in [2.45, 2.75) is 27.3 Å². The van der Waals surface area contributed by atoms with Crippen LogP contribution >= 0.6 is 11.3 Å². The number of rotatable bonds is 2. The van der Waals surface area contributed by atoms with Gasteiger partial charge >= 0.3 is 4.87 Å². The molecule has 1 heterocycles. The van der Waals surface area contributed by atoms with Crippen LogP contribution in [0.5, 0.6) is 0 Å². The van der Waals surface area contributed by atoms with Gasteiger partial charge in [-0.2, -0.15) is 0 Å². The summed E-state index contributed by atoms with van der Waals surface area (Å²) in [5, 5.41) is 4.46. The summed E-state index contributed by atoms with van der Waals surface area (Å²) < 4.78 is 0. The maximum absolute atomic E-state index is 11.4. The highest BCUT2D eigenvalue weighted by Crippen LogP contribution is 2.12. The molecule has 2 N–H and O–H groups in total. The van der Waals surface area contributed by atoms with Gasteiger partial charge in [0.25, 0.3) is 0 Å². The van der Waals surface area contributed by atoms with E-state index in [9.17, 15) is 9.59 Å². The predicted molar refractivity (Wildman–Crippen MR) is 56.2 cm³/mol. The Balaban J connectivity index is 2.50. The van der Waals surface area contributed by atoms with Gasteiger partial charge < -0.3 is 10.3 Å². The summed E-state index contributed by atoms with van der Waals surface area (Å²) in [6.45, 7) is 5.92. The minimum Gasteiger partial charge on any atom is -0.350 e. The molecule has 4 nitrogen and oxygen atoms in total. The van der Waals surface area contributed by atoms with Crippen molar-refractivity contribution in [2.24, 2.45) is 5.41 Å². The van der Waals surface area contributed by atoms with Crippen LogP contribution in [0.25, 0.3) is 0 Å². The number of aromatic amines is 1. The lowest BCUT2D eigenvalue weighted by atomic mass is 9.96. The Kier molecular flexibility index (Phi) is 3.10. The van der Waals surface area contributed by atoms with Gasteiger partial charge in [0.1, 0.15) is 0 Å². The highest BCUT2D eigenvalue weighted by atomic mass is 32.1. The largest absolute Gasteiger partial charge is 0.350 e. The number of aromatic nitrogens is 1. The van der Waals surface area contributed by atoms with Crippen LogP contribution in [0, 0.1) is 5.41 Å². The van der Waals surface area contributed by atoms with E-state index >= 15 is 0 Å². The van der Waals surface area contributed by atoms with Crippen molar-refractivity contribution in [3.63, 3.8) is 0 Å². The van der Waals surface area contributed by atoms with E-state index < -0.39 is 5.41 Å². The summed E-state index contributed by atoms with van der Waals surface area (Å²) in [4.78, 5) is 24.8. The first-order valence-corrected chi connectivity index (χ1v) is 5.22. The molecule has 0 atom stereocenters. The minimum atomic E-state index is -0.393. The average Bonchev–Trinajstić information content (AvgIpc) is 2.45. The van der Waals surface area contributed by atoms with Crippen LogP contribution in [0.3, 0.4) is 0 Å². The fourth-order valence-electron chi connectivity index (χ4n) is 0.841. The molecule has 0 aliphatic heterocycles. The van der Waals surface area contributed by atoms with E-state index in [1.54, 1.807) is 5.38 Å². The average molecular weight is 214 g/mol. The molecule has 1 aromatic rings. The highest BCUT2D eigenvalue weighted by molar-refractivity contribution is 7.07. The van der Waals surface area contributed by atoms with Crippen LogP contribution in [0.1, 0.15) is 26.5 Å². The van der Waals surface area contributed by atoms with Gasteiger partial charge in [0.05, 0.1) is 6.54 Å². The van der Waals surface area contributed by atoms with Crippen LogP contribution in [0.15, 0.2) is 10.2 Å². The predicted octanol–water partition coefficient (Wildman–Crippen LogP) is 1.10. The number of hydrogen-bond acceptors (Lipinski definition) is 3. The lowest BCUT2D eigenvalue weighted by Crippen LogP contribution is -2.34. The van der Waals surface area contributed by atoms with Crippen molar-refractivity contribution in [2.75, 3.05) is 0 Å². The summed E-state index contributed by atoms with van der Waals surface area (Å²) in [6.07, 6.45) is 0. The van der Waals surface area contributed by atoms with Crippen LogP contribution in [0.2, 0.25) is 0 Å². The summed E-state index contributed by atoms with van der Waals surface area (Å²) in [5.74, 6) is -0.0236. The van der Waals surface area contributed by atoms with Crippen molar-refractivity contribution in [1.29, 1.82) is 0 Å². The number of H-pyrrole nitrogens is 1. The van der Waals surface area contributed by atoms with Crippen molar-refractivity contribution in [3.05, 3.63) is 20.7 Å². The molecular weight excluding hydrogens is 200 g/mol. The maximum atomic E-state index is 11.4. The zero-order chi connectivity index (χ0) is 10.8. The first kappa shape index (κ1) is 11.0. The second-order valence-electron chi connectivity index (χ2n) is 4.11. The normalized spacial score (nSPS) is 11.4. The van der Waals surface area contributed by atoms with Crippen molar-refractivity contribution in [3.8, 4) is 0 Å². The Hall–Kier alpha value is -1.10. The third kappa shape index (κ3) is 2.99. The Morgan fingerprint density at radius 3 is 2.64 bits per heavy atom. The third-order valence-corrected chi connectivity index (χ3v) is 2.41. The van der Waals surface area contributed by atoms with E-state index in [4.69, 9.17) is 0 Å². The molecule has 0 fully saturated rings. The Morgan fingerprint density at radius 1 is 1.57 bits per heavy atom. The Bertz CT molecular complexity index is 373. The number of thiazole rings is 1. The molecule has 0 saturated heterocycles. The number of carbonyl (C=O) groups is 1. The molecule has 0 radical (unpaired) electrons. The standard InChI is InChI=1S/C9H14N2O2S/c1-9(2,3)7(12)10-4-6-5-14-8(13)11-6/h5H,4H2,1-3H3,(H,10,12)(H,11,13). The number of hydrogen-bond donors (Lipinski definition) is 2. The zero-order valence-electron chi connectivity index (χ0n) is 8.51. The first-order chi connectivity index (χ1) is 6.39. The highest BCUT2D eigenvalue weighted by Gasteiger charge is 2.20. The molecular formula is C9H14N2O2S. The van der Waals surface area contributed by atoms with Gasteiger partial charge in [0.2, 0.25) is 5.91 Å². The number of nitrogens with one attached hydrogen (secondary N) is 2. The first-order valence-electron chi connectivity index (χ1n) is 4.34. The van der Waals surface area contributed by atoms with Gasteiger partial charge in [0.15, 0.2) is 0 Å². The second kappa shape index (κ2) is 3.96. The molecule has 1 rings (SSSR count). The lowest BCUT2D eigenvalue weighted by molar-refractivity contribution is -0.128. The zero-order valence-corrected chi connectivity index (χ0v) is 9.33. The molecule has 1 aromatic heterocycles. The summed E-state index contributed by atoms with van der Waals surface area (Å²) in [7, 11) is 0. The molecule has 0 bridgehead atoms. The number of amides is 1. The van der Waals surface area contributed by atoms with Gasteiger partial charge in [-0.15, -0.1) is 0 Å². The summed E-state index contributed by atoms with van der Waals surface area (Å²) in [5.41, 5.74) is 0.355. The summed E-state index contributed by atoms with van der Waals surface area (Å²) in [6, 6.07) is 0. The van der Waals surface area contributed by atoms with E-state index in [1.165, 1.54) is 0 Å². The van der Waals surface area contributed by atoms with E-state index in [2.05, 4.69) is 10.3 Å². The minimum absolute atomic E-state index is 0.0236. The van der Waals surface area contributed by atoms with E-state index in [1.807, 2.05) is 20.8 Å². The fourth-order valence-corrected chi connectivity index (χ4v) is 1.42. The molecule has 14 heavy (non-hydrogen) atoms. The Morgan fingerprint density at radius 2 is 2.21 bits per heavy atom. The van der Waals surface area contributed by atoms with Gasteiger partial charge in [-0.25, -0.2) is 0 Å². The second-order valence-corrected chi connectivity index (χ2v) is 4.95. The van der Waals surface area contributed by atoms with Crippen LogP contribution in [-0.4, -0.2) is 10.9 Å². The van der Waals surface area contributed by atoms with E-state index in [0.717, 1.165) is 17.0 Å². The molecule has 0 saturated carbocycles. The SMILES string of the molecule is CC(C)(C)C(=O)NCc1csc(=O)[nH]1.